The van der Waals surface area contributed by atoms with Crippen LogP contribution in [0.3, 0.4) is 0 Å². The van der Waals surface area contributed by atoms with Crippen LogP contribution in [-0.2, 0) is 0 Å². The summed E-state index contributed by atoms with van der Waals surface area (Å²) in [6, 6.07) is 4.20. The quantitative estimate of drug-likeness (QED) is 0.717. The number of benzene rings is 1. The van der Waals surface area contributed by atoms with E-state index in [9.17, 15) is 9.90 Å². The summed E-state index contributed by atoms with van der Waals surface area (Å²) < 4.78 is 4.09. The van der Waals surface area contributed by atoms with E-state index in [1.807, 2.05) is 0 Å². The molecule has 0 atom stereocenters. The lowest BCUT2D eigenvalue weighted by Gasteiger charge is -2.00. The summed E-state index contributed by atoms with van der Waals surface area (Å²) in [6.45, 7) is 0. The monoisotopic (exact) mass is 300 g/mol. The Kier molecular flexibility index (Phi) is 3.24. The fourth-order valence-electron chi connectivity index (χ4n) is 1.63. The van der Waals surface area contributed by atoms with E-state index in [4.69, 9.17) is 5.73 Å². The summed E-state index contributed by atoms with van der Waals surface area (Å²) in [6.07, 6.45) is 3.09. The normalized spacial score (nSPS) is 11.2. The first-order chi connectivity index (χ1) is 10.1. The molecule has 0 saturated heterocycles. The topological polar surface area (TPSA) is 127 Å². The number of nitrogens with zero attached hydrogens (tertiary/aromatic N) is 5. The van der Waals surface area contributed by atoms with Crippen LogP contribution in [0, 0.1) is 0 Å². The Balaban J connectivity index is 1.96. The van der Waals surface area contributed by atoms with Crippen molar-refractivity contribution < 1.29 is 9.90 Å². The molecule has 9 heteroatoms. The molecule has 3 N–H and O–H groups in total. The summed E-state index contributed by atoms with van der Waals surface area (Å²) in [4.78, 5) is 19.3. The van der Waals surface area contributed by atoms with Crippen molar-refractivity contribution in [2.24, 2.45) is 16.0 Å². The Morgan fingerprint density at radius 3 is 2.86 bits per heavy atom. The van der Waals surface area contributed by atoms with Crippen LogP contribution < -0.4 is 5.73 Å². The number of aromatic hydroxyl groups is 1. The number of azo groups is 1. The van der Waals surface area contributed by atoms with Gasteiger partial charge in [-0.15, -0.1) is 10.2 Å². The molecular weight excluding hydrogens is 292 g/mol. The minimum absolute atomic E-state index is 0.0135. The number of carbonyl (C=O) groups is 1. The minimum Gasteiger partial charge on any atom is -0.507 e. The highest BCUT2D eigenvalue weighted by Crippen LogP contribution is 2.30. The Hall–Kier alpha value is -2.94. The molecule has 2 heterocycles. The number of nitrogens with two attached hydrogens (primary N) is 1. The third-order valence-corrected chi connectivity index (χ3v) is 3.31. The molecule has 104 valence electrons. The molecule has 3 aromatic rings. The molecule has 0 fully saturated rings. The van der Waals surface area contributed by atoms with Gasteiger partial charge >= 0.3 is 0 Å². The molecule has 0 saturated carbocycles. The van der Waals surface area contributed by atoms with Crippen molar-refractivity contribution >= 4 is 39.3 Å². The molecule has 0 aliphatic carbocycles. The van der Waals surface area contributed by atoms with Crippen LogP contribution in [0.4, 0.5) is 10.7 Å². The Labute approximate surface area is 122 Å². The lowest BCUT2D eigenvalue weighted by molar-refractivity contribution is 0.0998. The number of amides is 1. The van der Waals surface area contributed by atoms with Crippen molar-refractivity contribution in [1.29, 1.82) is 0 Å². The van der Waals surface area contributed by atoms with Gasteiger partial charge in [0.1, 0.15) is 11.3 Å². The van der Waals surface area contributed by atoms with E-state index < -0.39 is 5.91 Å². The zero-order chi connectivity index (χ0) is 14.8. The number of rotatable bonds is 3. The van der Waals surface area contributed by atoms with Crippen LogP contribution in [0.1, 0.15) is 10.4 Å². The van der Waals surface area contributed by atoms with Gasteiger partial charge in [-0.05, 0) is 29.7 Å². The standard InChI is InChI=1S/C12H8N6O2S/c13-10(20)7-5-6(1-2-8(7)19)16-17-12-9-11(18-21-12)15-4-3-14-9/h1-5,19H,(H2,13,20)/b17-16+. The molecule has 0 aliphatic heterocycles. The van der Waals surface area contributed by atoms with Crippen LogP contribution in [0.25, 0.3) is 11.2 Å². The average molecular weight is 300 g/mol. The molecule has 3 rings (SSSR count). The fraction of sp³-hybridized carbons (Fsp3) is 0. The maximum absolute atomic E-state index is 11.1. The number of carbonyl (C=O) groups excluding carboxylic acids is 1. The first kappa shape index (κ1) is 13.1. The molecule has 2 aromatic heterocycles. The fourth-order valence-corrected chi connectivity index (χ4v) is 2.24. The molecule has 0 spiro atoms. The Morgan fingerprint density at radius 1 is 1.24 bits per heavy atom. The van der Waals surface area contributed by atoms with Crippen LogP contribution in [0.5, 0.6) is 5.75 Å². The highest BCUT2D eigenvalue weighted by Gasteiger charge is 2.09. The summed E-state index contributed by atoms with van der Waals surface area (Å²) in [5.74, 6) is -0.936. The van der Waals surface area contributed by atoms with Crippen molar-refractivity contribution in [2.75, 3.05) is 0 Å². The summed E-state index contributed by atoms with van der Waals surface area (Å²) >= 11 is 1.12. The van der Waals surface area contributed by atoms with E-state index in [0.717, 1.165) is 11.5 Å². The maximum Gasteiger partial charge on any atom is 0.252 e. The van der Waals surface area contributed by atoms with Crippen molar-refractivity contribution in [1.82, 2.24) is 14.3 Å². The number of hydrogen-bond acceptors (Lipinski definition) is 8. The lowest BCUT2D eigenvalue weighted by Crippen LogP contribution is -2.10. The van der Waals surface area contributed by atoms with Crippen molar-refractivity contribution in [3.05, 3.63) is 36.2 Å². The van der Waals surface area contributed by atoms with Gasteiger partial charge in [0.25, 0.3) is 5.91 Å². The van der Waals surface area contributed by atoms with Crippen LogP contribution in [0.2, 0.25) is 0 Å². The van der Waals surface area contributed by atoms with E-state index in [-0.39, 0.29) is 11.3 Å². The second kappa shape index (κ2) is 5.21. The van der Waals surface area contributed by atoms with Crippen LogP contribution in [-0.4, -0.2) is 25.4 Å². The van der Waals surface area contributed by atoms with Crippen molar-refractivity contribution in [3.8, 4) is 5.75 Å². The second-order valence-electron chi connectivity index (χ2n) is 3.98. The number of fused-ring (bicyclic) bond motifs is 1. The van der Waals surface area contributed by atoms with Gasteiger partial charge < -0.3 is 10.8 Å². The maximum atomic E-state index is 11.1. The van der Waals surface area contributed by atoms with Gasteiger partial charge in [-0.3, -0.25) is 4.79 Å². The Morgan fingerprint density at radius 2 is 2.05 bits per heavy atom. The van der Waals surface area contributed by atoms with Gasteiger partial charge in [-0.25, -0.2) is 9.97 Å². The third kappa shape index (κ3) is 2.54. The summed E-state index contributed by atoms with van der Waals surface area (Å²) in [5.41, 5.74) is 6.57. The number of aromatic nitrogens is 3. The highest BCUT2D eigenvalue weighted by molar-refractivity contribution is 7.11. The average Bonchev–Trinajstić information content (AvgIpc) is 2.89. The molecule has 0 radical (unpaired) electrons. The van der Waals surface area contributed by atoms with E-state index in [1.165, 1.54) is 18.2 Å². The van der Waals surface area contributed by atoms with Gasteiger partial charge in [0.05, 0.1) is 11.3 Å². The molecule has 0 aliphatic rings. The molecular formula is C12H8N6O2S. The Bertz CT molecular complexity index is 860. The molecule has 0 bridgehead atoms. The van der Waals surface area contributed by atoms with E-state index in [2.05, 4.69) is 24.6 Å². The van der Waals surface area contributed by atoms with Gasteiger partial charge in [0, 0.05) is 12.4 Å². The SMILES string of the molecule is NC(=O)c1cc(/N=N/c2snc3nccnc23)ccc1O. The van der Waals surface area contributed by atoms with Gasteiger partial charge in [-0.1, -0.05) is 0 Å². The van der Waals surface area contributed by atoms with Crippen LogP contribution in [0.15, 0.2) is 40.8 Å². The number of hydrogen-bond donors (Lipinski definition) is 2. The lowest BCUT2D eigenvalue weighted by atomic mass is 10.2. The van der Waals surface area contributed by atoms with Crippen LogP contribution >= 0.6 is 11.5 Å². The predicted octanol–water partition coefficient (Wildman–Crippen LogP) is 2.31. The minimum atomic E-state index is -0.737. The summed E-state index contributed by atoms with van der Waals surface area (Å²) in [7, 11) is 0. The third-order valence-electron chi connectivity index (χ3n) is 2.60. The van der Waals surface area contributed by atoms with Crippen molar-refractivity contribution in [3.63, 3.8) is 0 Å². The molecule has 1 aromatic carbocycles. The predicted molar refractivity (Wildman–Crippen MR) is 76.0 cm³/mol. The van der Waals surface area contributed by atoms with Crippen molar-refractivity contribution in [2.45, 2.75) is 0 Å². The first-order valence-electron chi connectivity index (χ1n) is 5.76. The molecule has 1 amide bonds. The number of phenols is 1. The van der Waals surface area contributed by atoms with Gasteiger partial charge in [-0.2, -0.15) is 4.37 Å². The van der Waals surface area contributed by atoms with E-state index in [0.29, 0.717) is 21.9 Å². The van der Waals surface area contributed by atoms with E-state index >= 15 is 0 Å². The second-order valence-corrected chi connectivity index (χ2v) is 4.73. The smallest absolute Gasteiger partial charge is 0.252 e. The van der Waals surface area contributed by atoms with Gasteiger partial charge in [0.2, 0.25) is 0 Å². The van der Waals surface area contributed by atoms with Gasteiger partial charge in [0.15, 0.2) is 10.6 Å². The molecule has 0 unspecified atom stereocenters. The first-order valence-corrected chi connectivity index (χ1v) is 6.53. The number of primary amides is 1. The van der Waals surface area contributed by atoms with E-state index in [1.54, 1.807) is 12.4 Å². The highest BCUT2D eigenvalue weighted by atomic mass is 32.1. The molecule has 8 nitrogen and oxygen atoms in total. The largest absolute Gasteiger partial charge is 0.507 e. The summed E-state index contributed by atoms with van der Waals surface area (Å²) in [5, 5.41) is 18.0. The zero-order valence-corrected chi connectivity index (χ0v) is 11.3. The molecule has 21 heavy (non-hydrogen) atoms. The zero-order valence-electron chi connectivity index (χ0n) is 10.5.